The molecule has 6 heteroatoms. The first-order chi connectivity index (χ1) is 16.0. The zero-order valence-corrected chi connectivity index (χ0v) is 19.0. The average Bonchev–Trinajstić information content (AvgIpc) is 2.81. The van der Waals surface area contributed by atoms with Crippen molar-refractivity contribution in [2.24, 2.45) is 0 Å². The lowest BCUT2D eigenvalue weighted by molar-refractivity contribution is -0.121. The van der Waals surface area contributed by atoms with Gasteiger partial charge in [0.15, 0.2) is 6.61 Å². The zero-order chi connectivity index (χ0) is 23.2. The standard InChI is InChI=1S/C27H28N2O4/c1-19-8-7-10-21(16-19)27(31)28-22-12-13-25-23(17-22)29(26(30)18-33-25)14-5-6-15-32-24-11-4-3-9-20(24)2/h3-4,7-13,16-17H,5-6,14-15,18H2,1-2H3,(H,28,31). The number of carbonyl (C=O) groups is 2. The fraction of sp³-hybridized carbons (Fsp3) is 0.259. The van der Waals surface area contributed by atoms with E-state index in [0.29, 0.717) is 35.8 Å². The fourth-order valence-corrected chi connectivity index (χ4v) is 3.79. The number of rotatable bonds is 8. The van der Waals surface area contributed by atoms with Crippen LogP contribution in [0.25, 0.3) is 0 Å². The van der Waals surface area contributed by atoms with Gasteiger partial charge in [-0.15, -0.1) is 0 Å². The second-order valence-corrected chi connectivity index (χ2v) is 8.16. The molecule has 3 aromatic carbocycles. The molecule has 6 nitrogen and oxygen atoms in total. The Balaban J connectivity index is 1.38. The van der Waals surface area contributed by atoms with Crippen molar-refractivity contribution < 1.29 is 19.1 Å². The van der Waals surface area contributed by atoms with Gasteiger partial charge in [0.25, 0.3) is 11.8 Å². The molecule has 0 unspecified atom stereocenters. The van der Waals surface area contributed by atoms with Gasteiger partial charge < -0.3 is 19.7 Å². The van der Waals surface area contributed by atoms with Crippen molar-refractivity contribution in [3.8, 4) is 11.5 Å². The van der Waals surface area contributed by atoms with E-state index >= 15 is 0 Å². The number of nitrogens with zero attached hydrogens (tertiary/aromatic N) is 1. The first-order valence-corrected chi connectivity index (χ1v) is 11.1. The maximum Gasteiger partial charge on any atom is 0.265 e. The Morgan fingerprint density at radius 1 is 1.03 bits per heavy atom. The predicted molar refractivity (Wildman–Crippen MR) is 129 cm³/mol. The summed E-state index contributed by atoms with van der Waals surface area (Å²) in [6, 6.07) is 20.7. The molecular weight excluding hydrogens is 416 g/mol. The SMILES string of the molecule is Cc1cccc(C(=O)Nc2ccc3c(c2)N(CCCCOc2ccccc2C)C(=O)CO3)c1. The molecule has 1 N–H and O–H groups in total. The van der Waals surface area contributed by atoms with Crippen LogP contribution in [-0.4, -0.2) is 31.6 Å². The van der Waals surface area contributed by atoms with Crippen molar-refractivity contribution in [3.05, 3.63) is 83.4 Å². The second kappa shape index (κ2) is 10.2. The van der Waals surface area contributed by atoms with Crippen LogP contribution in [0, 0.1) is 13.8 Å². The molecule has 0 aliphatic carbocycles. The van der Waals surface area contributed by atoms with Gasteiger partial charge in [0.1, 0.15) is 11.5 Å². The smallest absolute Gasteiger partial charge is 0.265 e. The fourth-order valence-electron chi connectivity index (χ4n) is 3.79. The van der Waals surface area contributed by atoms with E-state index in [4.69, 9.17) is 9.47 Å². The molecule has 1 aliphatic heterocycles. The van der Waals surface area contributed by atoms with E-state index in [9.17, 15) is 9.59 Å². The first kappa shape index (κ1) is 22.4. The first-order valence-electron chi connectivity index (χ1n) is 11.1. The van der Waals surface area contributed by atoms with Crippen LogP contribution < -0.4 is 19.7 Å². The lowest BCUT2D eigenvalue weighted by Crippen LogP contribution is -2.39. The largest absolute Gasteiger partial charge is 0.493 e. The Morgan fingerprint density at radius 2 is 1.88 bits per heavy atom. The molecule has 0 fully saturated rings. The van der Waals surface area contributed by atoms with Crippen molar-refractivity contribution in [2.45, 2.75) is 26.7 Å². The number of para-hydroxylation sites is 1. The average molecular weight is 445 g/mol. The van der Waals surface area contributed by atoms with E-state index in [-0.39, 0.29) is 18.4 Å². The highest BCUT2D eigenvalue weighted by Gasteiger charge is 2.25. The number of hydrogen-bond acceptors (Lipinski definition) is 4. The van der Waals surface area contributed by atoms with E-state index in [1.54, 1.807) is 29.2 Å². The minimum Gasteiger partial charge on any atom is -0.493 e. The third kappa shape index (κ3) is 5.52. The highest BCUT2D eigenvalue weighted by atomic mass is 16.5. The van der Waals surface area contributed by atoms with Gasteiger partial charge in [-0.3, -0.25) is 9.59 Å². The van der Waals surface area contributed by atoms with Gasteiger partial charge in [-0.1, -0.05) is 35.9 Å². The molecule has 33 heavy (non-hydrogen) atoms. The van der Waals surface area contributed by atoms with Crippen LogP contribution >= 0.6 is 0 Å². The van der Waals surface area contributed by atoms with Gasteiger partial charge in [0.05, 0.1) is 12.3 Å². The molecule has 0 radical (unpaired) electrons. The van der Waals surface area contributed by atoms with Gasteiger partial charge in [-0.25, -0.2) is 0 Å². The van der Waals surface area contributed by atoms with Crippen LogP contribution in [0.15, 0.2) is 66.7 Å². The van der Waals surface area contributed by atoms with Crippen molar-refractivity contribution >= 4 is 23.2 Å². The molecule has 1 heterocycles. The summed E-state index contributed by atoms with van der Waals surface area (Å²) in [5.41, 5.74) is 4.00. The summed E-state index contributed by atoms with van der Waals surface area (Å²) in [5, 5.41) is 2.92. The van der Waals surface area contributed by atoms with Gasteiger partial charge >= 0.3 is 0 Å². The van der Waals surface area contributed by atoms with Crippen LogP contribution in [0.4, 0.5) is 11.4 Å². The maximum atomic E-state index is 12.6. The molecule has 0 saturated carbocycles. The second-order valence-electron chi connectivity index (χ2n) is 8.16. The lowest BCUT2D eigenvalue weighted by atomic mass is 10.1. The molecule has 1 aliphatic rings. The Kier molecular flexibility index (Phi) is 6.93. The topological polar surface area (TPSA) is 67.9 Å². The Labute approximate surface area is 194 Å². The van der Waals surface area contributed by atoms with Crippen molar-refractivity contribution in [1.29, 1.82) is 0 Å². The summed E-state index contributed by atoms with van der Waals surface area (Å²) < 4.78 is 11.5. The molecule has 0 aromatic heterocycles. The number of amides is 2. The van der Waals surface area contributed by atoms with Gasteiger partial charge in [-0.2, -0.15) is 0 Å². The number of fused-ring (bicyclic) bond motifs is 1. The molecule has 4 rings (SSSR count). The van der Waals surface area contributed by atoms with Crippen LogP contribution in [0.3, 0.4) is 0 Å². The minimum absolute atomic E-state index is 0.0156. The third-order valence-electron chi connectivity index (χ3n) is 5.57. The molecule has 0 bridgehead atoms. The molecular formula is C27H28N2O4. The summed E-state index contributed by atoms with van der Waals surface area (Å²) in [6.07, 6.45) is 1.61. The third-order valence-corrected chi connectivity index (χ3v) is 5.57. The lowest BCUT2D eigenvalue weighted by Gasteiger charge is -2.30. The van der Waals surface area contributed by atoms with Crippen molar-refractivity contribution in [2.75, 3.05) is 30.0 Å². The number of ether oxygens (including phenoxy) is 2. The summed E-state index contributed by atoms with van der Waals surface area (Å²) in [4.78, 5) is 26.9. The Hall–Kier alpha value is -3.80. The number of benzene rings is 3. The van der Waals surface area contributed by atoms with Crippen LogP contribution in [0.2, 0.25) is 0 Å². The maximum absolute atomic E-state index is 12.6. The van der Waals surface area contributed by atoms with E-state index in [1.807, 2.05) is 56.3 Å². The number of nitrogens with one attached hydrogen (secondary N) is 1. The number of carbonyl (C=O) groups excluding carboxylic acids is 2. The normalized spacial score (nSPS) is 12.7. The van der Waals surface area contributed by atoms with Crippen LogP contribution in [0.5, 0.6) is 11.5 Å². The van der Waals surface area contributed by atoms with Gasteiger partial charge in [0, 0.05) is 17.8 Å². The number of aryl methyl sites for hydroxylation is 2. The number of unbranched alkanes of at least 4 members (excludes halogenated alkanes) is 1. The van der Waals surface area contributed by atoms with E-state index in [2.05, 4.69) is 5.32 Å². The zero-order valence-electron chi connectivity index (χ0n) is 19.0. The molecule has 2 amide bonds. The van der Waals surface area contributed by atoms with E-state index in [1.165, 1.54) is 0 Å². The van der Waals surface area contributed by atoms with Gasteiger partial charge in [-0.05, 0) is 68.7 Å². The van der Waals surface area contributed by atoms with E-state index in [0.717, 1.165) is 29.7 Å². The minimum atomic E-state index is -0.193. The number of anilines is 2. The van der Waals surface area contributed by atoms with Crippen LogP contribution in [0.1, 0.15) is 34.3 Å². The molecule has 170 valence electrons. The molecule has 0 spiro atoms. The summed E-state index contributed by atoms with van der Waals surface area (Å²) >= 11 is 0. The van der Waals surface area contributed by atoms with Crippen LogP contribution in [-0.2, 0) is 4.79 Å². The monoisotopic (exact) mass is 444 g/mol. The Morgan fingerprint density at radius 3 is 2.70 bits per heavy atom. The molecule has 3 aromatic rings. The predicted octanol–water partition coefficient (Wildman–Crippen LogP) is 5.14. The van der Waals surface area contributed by atoms with E-state index < -0.39 is 0 Å². The molecule has 0 atom stereocenters. The summed E-state index contributed by atoms with van der Waals surface area (Å²) in [5.74, 6) is 1.24. The van der Waals surface area contributed by atoms with Crippen molar-refractivity contribution in [3.63, 3.8) is 0 Å². The summed E-state index contributed by atoms with van der Waals surface area (Å²) in [6.45, 7) is 5.13. The Bertz CT molecular complexity index is 1160. The highest BCUT2D eigenvalue weighted by Crippen LogP contribution is 2.35. The van der Waals surface area contributed by atoms with Crippen molar-refractivity contribution in [1.82, 2.24) is 0 Å². The van der Waals surface area contributed by atoms with Gasteiger partial charge in [0.2, 0.25) is 0 Å². The molecule has 0 saturated heterocycles. The number of hydrogen-bond donors (Lipinski definition) is 1. The summed E-state index contributed by atoms with van der Waals surface area (Å²) in [7, 11) is 0. The quantitative estimate of drug-likeness (QED) is 0.489. The highest BCUT2D eigenvalue weighted by molar-refractivity contribution is 6.05.